The summed E-state index contributed by atoms with van der Waals surface area (Å²) >= 11 is 0. The molecule has 1 aliphatic carbocycles. The van der Waals surface area contributed by atoms with Crippen LogP contribution >= 0.6 is 0 Å². The first-order chi connectivity index (χ1) is 15.1. The first-order valence-electron chi connectivity index (χ1n) is 11.7. The monoisotopic (exact) mass is 420 g/mol. The average Bonchev–Trinajstić information content (AvgIpc) is 2.99. The number of allylic oxidation sites excluding steroid dienone is 4. The fraction of sp³-hybridized carbons (Fsp3) is 0.312. The summed E-state index contributed by atoms with van der Waals surface area (Å²) in [5, 5.41) is 0. The van der Waals surface area contributed by atoms with Crippen molar-refractivity contribution >= 4 is 0 Å². The SMILES string of the molecule is CC1=CC(C(c2cc(C)cc(C)c2)(c2cc(C)cc(C)c2)c2cc(C)cc(C)c2)C=C1C. The van der Waals surface area contributed by atoms with Crippen LogP contribution in [0, 0.1) is 47.5 Å². The van der Waals surface area contributed by atoms with Gasteiger partial charge in [-0.3, -0.25) is 0 Å². The minimum Gasteiger partial charge on any atom is -0.0728 e. The van der Waals surface area contributed by atoms with Crippen LogP contribution in [0.3, 0.4) is 0 Å². The van der Waals surface area contributed by atoms with E-state index >= 15 is 0 Å². The third-order valence-corrected chi connectivity index (χ3v) is 7.01. The Hall–Kier alpha value is -2.86. The fourth-order valence-electron chi connectivity index (χ4n) is 5.78. The van der Waals surface area contributed by atoms with E-state index in [1.807, 2.05) is 0 Å². The third-order valence-electron chi connectivity index (χ3n) is 7.01. The summed E-state index contributed by atoms with van der Waals surface area (Å²) in [7, 11) is 0. The summed E-state index contributed by atoms with van der Waals surface area (Å²) in [6.07, 6.45) is 4.98. The molecule has 0 unspecified atom stereocenters. The maximum atomic E-state index is 2.49. The van der Waals surface area contributed by atoms with E-state index in [4.69, 9.17) is 0 Å². The molecule has 0 amide bonds. The molecule has 0 N–H and O–H groups in total. The molecule has 0 aromatic heterocycles. The van der Waals surface area contributed by atoms with E-state index in [1.54, 1.807) is 0 Å². The molecule has 0 nitrogen and oxygen atoms in total. The zero-order valence-electron chi connectivity index (χ0n) is 20.9. The molecule has 164 valence electrons. The second-order valence-electron chi connectivity index (χ2n) is 10.2. The van der Waals surface area contributed by atoms with Crippen molar-refractivity contribution in [1.29, 1.82) is 0 Å². The minimum atomic E-state index is -0.288. The van der Waals surface area contributed by atoms with Gasteiger partial charge >= 0.3 is 0 Å². The molecule has 0 saturated heterocycles. The molecule has 0 bridgehead atoms. The van der Waals surface area contributed by atoms with Crippen LogP contribution in [0.1, 0.15) is 63.9 Å². The Kier molecular flexibility index (Phi) is 5.76. The van der Waals surface area contributed by atoms with Crippen LogP contribution in [0.2, 0.25) is 0 Å². The van der Waals surface area contributed by atoms with Crippen molar-refractivity contribution in [3.63, 3.8) is 0 Å². The summed E-state index contributed by atoms with van der Waals surface area (Å²) in [4.78, 5) is 0. The molecule has 0 heterocycles. The van der Waals surface area contributed by atoms with Crippen LogP contribution in [0.4, 0.5) is 0 Å². The summed E-state index contributed by atoms with van der Waals surface area (Å²) in [6.45, 7) is 17.8. The molecule has 3 aromatic rings. The van der Waals surface area contributed by atoms with Crippen LogP contribution < -0.4 is 0 Å². The first kappa shape index (κ1) is 22.3. The second-order valence-corrected chi connectivity index (χ2v) is 10.2. The Balaban J connectivity index is 2.21. The van der Waals surface area contributed by atoms with Gasteiger partial charge in [0.25, 0.3) is 0 Å². The fourth-order valence-corrected chi connectivity index (χ4v) is 5.78. The standard InChI is InChI=1S/C32H36/c1-20-9-21(2)13-28(12-20)32(31-18-26(7)27(8)19-31,29-14-22(3)10-23(4)15-29)30-16-24(5)11-25(6)17-30/h9-19,31H,1-8H3. The second kappa shape index (κ2) is 8.24. The molecule has 3 aromatic carbocycles. The van der Waals surface area contributed by atoms with E-state index in [9.17, 15) is 0 Å². The smallest absolute Gasteiger partial charge is 0.0549 e. The van der Waals surface area contributed by atoms with E-state index < -0.39 is 0 Å². The predicted molar refractivity (Wildman–Crippen MR) is 139 cm³/mol. The van der Waals surface area contributed by atoms with Crippen LogP contribution in [-0.2, 0) is 5.41 Å². The van der Waals surface area contributed by atoms with Gasteiger partial charge in [0.15, 0.2) is 0 Å². The Morgan fingerprint density at radius 1 is 0.406 bits per heavy atom. The Labute approximate surface area is 194 Å². The molecule has 0 aliphatic heterocycles. The molecule has 0 radical (unpaired) electrons. The lowest BCUT2D eigenvalue weighted by atomic mass is 9.61. The maximum Gasteiger partial charge on any atom is 0.0549 e. The molecule has 4 rings (SSSR count). The molecule has 0 spiro atoms. The Morgan fingerprint density at radius 2 is 0.656 bits per heavy atom. The summed E-state index contributed by atoms with van der Waals surface area (Å²) < 4.78 is 0. The van der Waals surface area contributed by atoms with Crippen molar-refractivity contribution in [2.75, 3.05) is 0 Å². The highest BCUT2D eigenvalue weighted by Crippen LogP contribution is 2.50. The van der Waals surface area contributed by atoms with Gasteiger partial charge in [-0.25, -0.2) is 0 Å². The molecule has 0 fully saturated rings. The third kappa shape index (κ3) is 3.88. The zero-order valence-corrected chi connectivity index (χ0v) is 20.9. The number of aryl methyl sites for hydroxylation is 6. The van der Waals surface area contributed by atoms with Gasteiger partial charge in [0.05, 0.1) is 5.41 Å². The first-order valence-corrected chi connectivity index (χ1v) is 11.7. The number of hydrogen-bond donors (Lipinski definition) is 0. The van der Waals surface area contributed by atoms with E-state index in [-0.39, 0.29) is 11.3 Å². The highest BCUT2D eigenvalue weighted by atomic mass is 14.5. The van der Waals surface area contributed by atoms with Crippen molar-refractivity contribution in [2.45, 2.75) is 60.8 Å². The van der Waals surface area contributed by atoms with Crippen LogP contribution in [0.25, 0.3) is 0 Å². The molecule has 32 heavy (non-hydrogen) atoms. The molecular formula is C32H36. The van der Waals surface area contributed by atoms with Crippen molar-refractivity contribution in [1.82, 2.24) is 0 Å². The Bertz CT molecular complexity index is 1050. The minimum absolute atomic E-state index is 0.256. The molecule has 1 aliphatic rings. The maximum absolute atomic E-state index is 2.49. The van der Waals surface area contributed by atoms with Gasteiger partial charge in [0.2, 0.25) is 0 Å². The topological polar surface area (TPSA) is 0 Å². The summed E-state index contributed by atoms with van der Waals surface area (Å²) in [6, 6.07) is 21.3. The highest BCUT2D eigenvalue weighted by molar-refractivity contribution is 5.59. The van der Waals surface area contributed by atoms with Crippen molar-refractivity contribution in [3.05, 3.63) is 128 Å². The molecule has 0 heteroatoms. The number of benzene rings is 3. The average molecular weight is 421 g/mol. The van der Waals surface area contributed by atoms with Gasteiger partial charge in [-0.05, 0) is 72.1 Å². The lowest BCUT2D eigenvalue weighted by molar-refractivity contribution is 0.525. The molecule has 0 saturated carbocycles. The van der Waals surface area contributed by atoms with Gasteiger partial charge in [-0.1, -0.05) is 111 Å². The van der Waals surface area contributed by atoms with Crippen molar-refractivity contribution < 1.29 is 0 Å². The van der Waals surface area contributed by atoms with E-state index in [0.717, 1.165) is 0 Å². The van der Waals surface area contributed by atoms with Crippen LogP contribution in [-0.4, -0.2) is 0 Å². The highest BCUT2D eigenvalue weighted by Gasteiger charge is 2.44. The normalized spacial score (nSPS) is 14.5. The predicted octanol–water partition coefficient (Wildman–Crippen LogP) is 8.39. The van der Waals surface area contributed by atoms with Crippen LogP contribution in [0.5, 0.6) is 0 Å². The largest absolute Gasteiger partial charge is 0.0728 e. The molecular weight excluding hydrogens is 384 g/mol. The van der Waals surface area contributed by atoms with E-state index in [2.05, 4.69) is 122 Å². The quantitative estimate of drug-likeness (QED) is 0.372. The molecule has 0 atom stereocenters. The lowest BCUT2D eigenvalue weighted by Gasteiger charge is -2.41. The van der Waals surface area contributed by atoms with Gasteiger partial charge in [-0.2, -0.15) is 0 Å². The van der Waals surface area contributed by atoms with Gasteiger partial charge in [0.1, 0.15) is 0 Å². The van der Waals surface area contributed by atoms with Gasteiger partial charge in [-0.15, -0.1) is 0 Å². The number of hydrogen-bond acceptors (Lipinski definition) is 0. The lowest BCUT2D eigenvalue weighted by Crippen LogP contribution is -2.36. The van der Waals surface area contributed by atoms with Crippen molar-refractivity contribution in [3.8, 4) is 0 Å². The van der Waals surface area contributed by atoms with E-state index in [1.165, 1.54) is 61.2 Å². The summed E-state index contributed by atoms with van der Waals surface area (Å²) in [5.41, 5.74) is 14.5. The van der Waals surface area contributed by atoms with Gasteiger partial charge < -0.3 is 0 Å². The summed E-state index contributed by atoms with van der Waals surface area (Å²) in [5.74, 6) is 0.256. The number of rotatable bonds is 4. The van der Waals surface area contributed by atoms with Gasteiger partial charge in [0, 0.05) is 5.92 Å². The Morgan fingerprint density at radius 3 is 0.906 bits per heavy atom. The van der Waals surface area contributed by atoms with E-state index in [0.29, 0.717) is 0 Å². The zero-order chi connectivity index (χ0) is 23.2. The van der Waals surface area contributed by atoms with Crippen molar-refractivity contribution in [2.24, 2.45) is 5.92 Å². The van der Waals surface area contributed by atoms with Crippen LogP contribution in [0.15, 0.2) is 77.9 Å².